The van der Waals surface area contributed by atoms with Crippen LogP contribution in [-0.2, 0) is 24.2 Å². The molecule has 0 aliphatic rings. The molecule has 32 heavy (non-hydrogen) atoms. The molecule has 0 heterocycles. The van der Waals surface area contributed by atoms with Gasteiger partial charge in [-0.05, 0) is 5.39 Å². The van der Waals surface area contributed by atoms with Crippen molar-refractivity contribution >= 4 is 46.3 Å². The van der Waals surface area contributed by atoms with Crippen molar-refractivity contribution in [3.63, 3.8) is 0 Å². The second-order valence-corrected chi connectivity index (χ2v) is 10.1. The van der Waals surface area contributed by atoms with Crippen LogP contribution < -0.4 is 24.8 Å². The summed E-state index contributed by atoms with van der Waals surface area (Å²) < 4.78 is 1.51. The number of halogens is 2. The van der Waals surface area contributed by atoms with Gasteiger partial charge < -0.3 is 24.8 Å². The molecular weight excluding hydrogens is 510 g/mol. The average molecular weight is 535 g/mol. The Kier molecular flexibility index (Phi) is 10.0. The SMILES string of the molecule is C[C](C)=[Zr+2].[Cl-].[Cl-].c1ccc2[cH-]ccc2c1.c1ccc2c(c1)ccc1ccc3cc[cH-]c3c12. The van der Waals surface area contributed by atoms with Crippen LogP contribution in [0, 0.1) is 0 Å². The number of benzene rings is 4. The predicted molar refractivity (Wildman–Crippen MR) is 130 cm³/mol. The molecule has 0 nitrogen and oxygen atoms in total. The van der Waals surface area contributed by atoms with E-state index in [0.717, 1.165) is 0 Å². The average Bonchev–Trinajstić information content (AvgIpc) is 3.42. The van der Waals surface area contributed by atoms with Gasteiger partial charge in [-0.3, -0.25) is 0 Å². The first kappa shape index (κ1) is 26.2. The minimum atomic E-state index is 0. The zero-order chi connectivity index (χ0) is 20.9. The van der Waals surface area contributed by atoms with E-state index in [-0.39, 0.29) is 24.8 Å². The molecule has 0 saturated heterocycles. The van der Waals surface area contributed by atoms with E-state index in [1.165, 1.54) is 46.3 Å². The molecule has 0 atom stereocenters. The first-order valence-corrected chi connectivity index (χ1v) is 11.4. The molecule has 3 heteroatoms. The molecule has 0 spiro atoms. The Labute approximate surface area is 217 Å². The zero-order valence-corrected chi connectivity index (χ0v) is 22.1. The van der Waals surface area contributed by atoms with Crippen molar-refractivity contribution in [2.75, 3.05) is 0 Å². The number of fused-ring (bicyclic) bond motifs is 6. The van der Waals surface area contributed by atoms with E-state index in [0.29, 0.717) is 0 Å². The summed E-state index contributed by atoms with van der Waals surface area (Å²) in [6.07, 6.45) is 0. The molecule has 0 N–H and O–H groups in total. The molecule has 6 aromatic rings. The fourth-order valence-electron chi connectivity index (χ4n) is 3.78. The number of hydrogen-bond acceptors (Lipinski definition) is 0. The van der Waals surface area contributed by atoms with E-state index >= 15 is 0 Å². The fraction of sp³-hybridized carbons (Fsp3) is 0.0690. The summed E-state index contributed by atoms with van der Waals surface area (Å²) in [6, 6.07) is 38.6. The Morgan fingerprint density at radius 3 is 1.84 bits per heavy atom. The molecule has 0 amide bonds. The molecule has 6 aromatic carbocycles. The smallest absolute Gasteiger partial charge is 0.0271 e. The Morgan fingerprint density at radius 2 is 1.12 bits per heavy atom. The van der Waals surface area contributed by atoms with E-state index in [1.54, 1.807) is 24.2 Å². The third-order valence-corrected chi connectivity index (χ3v) is 5.07. The molecule has 0 aliphatic carbocycles. The van der Waals surface area contributed by atoms with Gasteiger partial charge in [0.25, 0.3) is 0 Å². The molecule has 0 aliphatic heterocycles. The van der Waals surface area contributed by atoms with Crippen LogP contribution in [0.4, 0.5) is 0 Å². The Morgan fingerprint density at radius 1 is 0.594 bits per heavy atom. The van der Waals surface area contributed by atoms with E-state index in [9.17, 15) is 0 Å². The normalized spacial score (nSPS) is 9.88. The van der Waals surface area contributed by atoms with Crippen molar-refractivity contribution in [3.8, 4) is 0 Å². The van der Waals surface area contributed by atoms with Gasteiger partial charge >= 0.3 is 41.3 Å². The Hall–Kier alpha value is -2.05. The van der Waals surface area contributed by atoms with E-state index in [4.69, 9.17) is 0 Å². The van der Waals surface area contributed by atoms with Gasteiger partial charge in [0.1, 0.15) is 0 Å². The maximum absolute atomic E-state index is 2.21. The van der Waals surface area contributed by atoms with Crippen molar-refractivity contribution in [3.05, 3.63) is 109 Å². The summed E-state index contributed by atoms with van der Waals surface area (Å²) in [6.45, 7) is 4.25. The van der Waals surface area contributed by atoms with Gasteiger partial charge in [-0.2, -0.15) is 29.7 Å². The molecule has 0 bridgehead atoms. The second-order valence-electron chi connectivity index (χ2n) is 7.63. The molecule has 0 radical (unpaired) electrons. The van der Waals surface area contributed by atoms with Crippen LogP contribution in [0.3, 0.4) is 0 Å². The predicted octanol–water partition coefficient (Wildman–Crippen LogP) is 2.18. The van der Waals surface area contributed by atoms with E-state index in [1.807, 2.05) is 0 Å². The monoisotopic (exact) mass is 532 g/mol. The molecule has 0 unspecified atom stereocenters. The van der Waals surface area contributed by atoms with Crippen LogP contribution in [-0.4, -0.2) is 3.21 Å². The molecule has 0 fully saturated rings. The van der Waals surface area contributed by atoms with Crippen molar-refractivity contribution in [1.82, 2.24) is 0 Å². The van der Waals surface area contributed by atoms with Crippen LogP contribution in [0.15, 0.2) is 109 Å². The summed E-state index contributed by atoms with van der Waals surface area (Å²) in [7, 11) is 0. The molecule has 160 valence electrons. The van der Waals surface area contributed by atoms with Gasteiger partial charge in [0.2, 0.25) is 0 Å². The Balaban J connectivity index is 0.000000206. The second kappa shape index (κ2) is 12.3. The molecular formula is C29H24Cl2Zr-2. The van der Waals surface area contributed by atoms with Crippen LogP contribution >= 0.6 is 0 Å². The van der Waals surface area contributed by atoms with Crippen LogP contribution in [0.2, 0.25) is 0 Å². The van der Waals surface area contributed by atoms with Crippen molar-refractivity contribution in [2.24, 2.45) is 0 Å². The van der Waals surface area contributed by atoms with Crippen molar-refractivity contribution in [1.29, 1.82) is 0 Å². The van der Waals surface area contributed by atoms with Gasteiger partial charge in [-0.15, -0.1) is 52.6 Å². The van der Waals surface area contributed by atoms with Crippen LogP contribution in [0.5, 0.6) is 0 Å². The first-order chi connectivity index (χ1) is 14.6. The molecule has 0 aromatic heterocycles. The van der Waals surface area contributed by atoms with Crippen molar-refractivity contribution in [2.45, 2.75) is 13.8 Å². The summed E-state index contributed by atoms with van der Waals surface area (Å²) in [5.41, 5.74) is 0. The topological polar surface area (TPSA) is 0 Å². The number of rotatable bonds is 0. The first-order valence-electron chi connectivity index (χ1n) is 10.2. The fourth-order valence-corrected chi connectivity index (χ4v) is 3.78. The summed E-state index contributed by atoms with van der Waals surface area (Å²) >= 11 is 1.55. The van der Waals surface area contributed by atoms with Crippen LogP contribution in [0.25, 0.3) is 43.1 Å². The zero-order valence-electron chi connectivity index (χ0n) is 18.1. The summed E-state index contributed by atoms with van der Waals surface area (Å²) in [5.74, 6) is 0. The molecule has 6 rings (SSSR count). The minimum Gasteiger partial charge on any atom is -1.00 e. The minimum absolute atomic E-state index is 0. The Bertz CT molecular complexity index is 1410. The van der Waals surface area contributed by atoms with Gasteiger partial charge in [0, 0.05) is 0 Å². The quantitative estimate of drug-likeness (QED) is 0.207. The molecule has 0 saturated carbocycles. The summed E-state index contributed by atoms with van der Waals surface area (Å²) in [5, 5.41) is 10.7. The number of hydrogen-bond donors (Lipinski definition) is 0. The largest absolute Gasteiger partial charge is 1.00 e. The van der Waals surface area contributed by atoms with E-state index in [2.05, 4.69) is 123 Å². The maximum atomic E-state index is 2.21. The third kappa shape index (κ3) is 6.05. The van der Waals surface area contributed by atoms with E-state index < -0.39 is 0 Å². The standard InChI is InChI=1S/C17H11.C9H7.C3H6.2ClH.Zr/c1-2-6-15-12(4-1)8-10-14-11-9-13-5-3-7-16(13)17(14)15;1-2-5-9-7-3-6-8(9)4-1;1-3-2;;;/h1-11H;1-7H;1-2H3;2*1H;/q2*-1;;;;+2/p-2. The van der Waals surface area contributed by atoms with Crippen LogP contribution in [0.1, 0.15) is 13.8 Å². The van der Waals surface area contributed by atoms with Gasteiger partial charge in [0.15, 0.2) is 0 Å². The van der Waals surface area contributed by atoms with Crippen molar-refractivity contribution < 1.29 is 49.0 Å². The van der Waals surface area contributed by atoms with Gasteiger partial charge in [0.05, 0.1) is 0 Å². The third-order valence-electron chi connectivity index (χ3n) is 5.07. The van der Waals surface area contributed by atoms with Gasteiger partial charge in [-0.25, -0.2) is 0 Å². The maximum Gasteiger partial charge on any atom is -0.0271 e. The van der Waals surface area contributed by atoms with Gasteiger partial charge in [-0.1, -0.05) is 64.7 Å². The summed E-state index contributed by atoms with van der Waals surface area (Å²) in [4.78, 5) is 0.